The summed E-state index contributed by atoms with van der Waals surface area (Å²) in [6, 6.07) is 13.9. The third-order valence-electron chi connectivity index (χ3n) is 4.92. The summed E-state index contributed by atoms with van der Waals surface area (Å²) in [5.41, 5.74) is 1.02. The molecule has 1 aliphatic rings. The molecule has 7 nitrogen and oxygen atoms in total. The molecule has 1 saturated heterocycles. The largest absolute Gasteiger partial charge is 0.467 e. The molecule has 1 fully saturated rings. The molecule has 4 aromatic rings. The summed E-state index contributed by atoms with van der Waals surface area (Å²) >= 11 is 1.57. The summed E-state index contributed by atoms with van der Waals surface area (Å²) < 4.78 is 13.6. The number of hydrogen-bond acceptors (Lipinski definition) is 7. The van der Waals surface area contributed by atoms with E-state index in [1.165, 1.54) is 12.8 Å². The zero-order chi connectivity index (χ0) is 19.5. The van der Waals surface area contributed by atoms with Gasteiger partial charge in [-0.1, -0.05) is 42.1 Å². The number of rotatable bonds is 7. The first kappa shape index (κ1) is 18.1. The van der Waals surface area contributed by atoms with Crippen molar-refractivity contribution in [1.29, 1.82) is 0 Å². The Kier molecular flexibility index (Phi) is 5.08. The highest BCUT2D eigenvalue weighted by molar-refractivity contribution is 7.98. The molecule has 29 heavy (non-hydrogen) atoms. The molecule has 5 rings (SSSR count). The fraction of sp³-hybridized carbons (Fsp3) is 0.286. The molecule has 3 aromatic heterocycles. The molecule has 148 valence electrons. The standard InChI is InChI=1S/C21H21N5O2S/c1-2-7-16(8-3-1)18-13-22-19(28-18)15-29-21-24-23-20(25-10-4-5-11-25)26(21)14-17-9-6-12-27-17/h1-3,6-9,12-13H,4-5,10-11,14-15H2. The zero-order valence-electron chi connectivity index (χ0n) is 15.9. The Labute approximate surface area is 172 Å². The van der Waals surface area contributed by atoms with Gasteiger partial charge in [0.15, 0.2) is 10.9 Å². The van der Waals surface area contributed by atoms with Crippen LogP contribution in [-0.4, -0.2) is 32.8 Å². The van der Waals surface area contributed by atoms with Gasteiger partial charge in [0.1, 0.15) is 5.76 Å². The number of nitrogens with zero attached hydrogens (tertiary/aromatic N) is 5. The monoisotopic (exact) mass is 407 g/mol. The molecule has 1 aliphatic heterocycles. The first-order valence-corrected chi connectivity index (χ1v) is 10.7. The summed E-state index contributed by atoms with van der Waals surface area (Å²) in [6.45, 7) is 2.64. The van der Waals surface area contributed by atoms with Crippen molar-refractivity contribution in [3.63, 3.8) is 0 Å². The lowest BCUT2D eigenvalue weighted by atomic mass is 10.2. The van der Waals surface area contributed by atoms with Crippen LogP contribution < -0.4 is 4.90 Å². The summed E-state index contributed by atoms with van der Waals surface area (Å²) in [7, 11) is 0. The van der Waals surface area contributed by atoms with E-state index in [0.717, 1.165) is 41.3 Å². The average Bonchev–Trinajstić information content (AvgIpc) is 3.54. The number of thioether (sulfide) groups is 1. The lowest BCUT2D eigenvalue weighted by molar-refractivity contribution is 0.483. The molecule has 0 bridgehead atoms. The number of aromatic nitrogens is 4. The molecule has 0 saturated carbocycles. The quantitative estimate of drug-likeness (QED) is 0.419. The summed E-state index contributed by atoms with van der Waals surface area (Å²) in [4.78, 5) is 6.71. The van der Waals surface area contributed by atoms with Crippen LogP contribution in [0.5, 0.6) is 0 Å². The summed E-state index contributed by atoms with van der Waals surface area (Å²) in [5.74, 6) is 3.82. The van der Waals surface area contributed by atoms with Gasteiger partial charge in [0.05, 0.1) is 24.8 Å². The van der Waals surface area contributed by atoms with Crippen molar-refractivity contribution in [2.75, 3.05) is 18.0 Å². The second-order valence-corrected chi connectivity index (χ2v) is 7.86. The van der Waals surface area contributed by atoms with Gasteiger partial charge in [-0.3, -0.25) is 4.57 Å². The van der Waals surface area contributed by atoms with Gasteiger partial charge in [-0.05, 0) is 25.0 Å². The van der Waals surface area contributed by atoms with Crippen LogP contribution in [-0.2, 0) is 12.3 Å². The minimum Gasteiger partial charge on any atom is -0.467 e. The summed E-state index contributed by atoms with van der Waals surface area (Å²) in [6.07, 6.45) is 5.84. The Morgan fingerprint density at radius 1 is 1.00 bits per heavy atom. The van der Waals surface area contributed by atoms with Crippen LogP contribution in [0.4, 0.5) is 5.95 Å². The number of anilines is 1. The number of furan rings is 1. The van der Waals surface area contributed by atoms with E-state index in [4.69, 9.17) is 8.83 Å². The van der Waals surface area contributed by atoms with Crippen LogP contribution in [0, 0.1) is 0 Å². The van der Waals surface area contributed by atoms with Gasteiger partial charge in [-0.2, -0.15) is 0 Å². The van der Waals surface area contributed by atoms with E-state index in [2.05, 4.69) is 24.6 Å². The van der Waals surface area contributed by atoms with Crippen molar-refractivity contribution in [1.82, 2.24) is 19.7 Å². The topological polar surface area (TPSA) is 73.1 Å². The van der Waals surface area contributed by atoms with Crippen LogP contribution in [0.15, 0.2) is 68.9 Å². The Morgan fingerprint density at radius 2 is 1.86 bits per heavy atom. The van der Waals surface area contributed by atoms with Crippen LogP contribution in [0.3, 0.4) is 0 Å². The van der Waals surface area contributed by atoms with Crippen LogP contribution in [0.25, 0.3) is 11.3 Å². The van der Waals surface area contributed by atoms with Crippen molar-refractivity contribution in [2.45, 2.75) is 30.3 Å². The third-order valence-corrected chi connectivity index (χ3v) is 5.87. The second-order valence-electron chi connectivity index (χ2n) is 6.92. The smallest absolute Gasteiger partial charge is 0.228 e. The van der Waals surface area contributed by atoms with Crippen LogP contribution >= 0.6 is 11.8 Å². The first-order valence-electron chi connectivity index (χ1n) is 9.70. The van der Waals surface area contributed by atoms with Gasteiger partial charge in [0.2, 0.25) is 11.8 Å². The highest BCUT2D eigenvalue weighted by Crippen LogP contribution is 2.29. The molecule has 0 radical (unpaired) electrons. The lowest BCUT2D eigenvalue weighted by Crippen LogP contribution is -2.22. The number of benzene rings is 1. The van der Waals surface area contributed by atoms with Crippen LogP contribution in [0.2, 0.25) is 0 Å². The van der Waals surface area contributed by atoms with Crippen LogP contribution in [0.1, 0.15) is 24.5 Å². The summed E-state index contributed by atoms with van der Waals surface area (Å²) in [5, 5.41) is 9.75. The van der Waals surface area contributed by atoms with Crippen molar-refractivity contribution < 1.29 is 8.83 Å². The fourth-order valence-electron chi connectivity index (χ4n) is 3.47. The second kappa shape index (κ2) is 8.16. The minimum absolute atomic E-state index is 0.586. The van der Waals surface area contributed by atoms with E-state index in [1.54, 1.807) is 24.2 Å². The molecule has 0 aliphatic carbocycles. The van der Waals surface area contributed by atoms with E-state index in [0.29, 0.717) is 18.2 Å². The van der Waals surface area contributed by atoms with Crippen molar-refractivity contribution >= 4 is 17.7 Å². The highest BCUT2D eigenvalue weighted by atomic mass is 32.2. The van der Waals surface area contributed by atoms with Crippen molar-refractivity contribution in [2.24, 2.45) is 0 Å². The van der Waals surface area contributed by atoms with Gasteiger partial charge in [-0.25, -0.2) is 4.98 Å². The van der Waals surface area contributed by atoms with E-state index >= 15 is 0 Å². The molecule has 0 spiro atoms. The van der Waals surface area contributed by atoms with E-state index < -0.39 is 0 Å². The predicted octanol–water partition coefficient (Wildman–Crippen LogP) is 4.47. The van der Waals surface area contributed by atoms with E-state index in [-0.39, 0.29) is 0 Å². The maximum atomic E-state index is 5.93. The molecule has 0 atom stereocenters. The Hall–Kier alpha value is -3.00. The number of oxazole rings is 1. The predicted molar refractivity (Wildman–Crippen MR) is 111 cm³/mol. The van der Waals surface area contributed by atoms with Crippen molar-refractivity contribution in [3.8, 4) is 11.3 Å². The average molecular weight is 407 g/mol. The normalized spacial score (nSPS) is 14.0. The lowest BCUT2D eigenvalue weighted by Gasteiger charge is -2.17. The molecule has 0 amide bonds. The van der Waals surface area contributed by atoms with E-state index in [1.807, 2.05) is 42.5 Å². The fourth-order valence-corrected chi connectivity index (χ4v) is 4.26. The maximum absolute atomic E-state index is 5.93. The molecule has 4 heterocycles. The van der Waals surface area contributed by atoms with Gasteiger partial charge in [0.25, 0.3) is 0 Å². The van der Waals surface area contributed by atoms with Gasteiger partial charge in [-0.15, -0.1) is 10.2 Å². The van der Waals surface area contributed by atoms with Gasteiger partial charge < -0.3 is 13.7 Å². The van der Waals surface area contributed by atoms with E-state index in [9.17, 15) is 0 Å². The van der Waals surface area contributed by atoms with Gasteiger partial charge in [0, 0.05) is 18.7 Å². The molecule has 1 aromatic carbocycles. The molecule has 0 N–H and O–H groups in total. The minimum atomic E-state index is 0.586. The maximum Gasteiger partial charge on any atom is 0.228 e. The van der Waals surface area contributed by atoms with Crippen molar-refractivity contribution in [3.05, 3.63) is 66.6 Å². The molecule has 8 heteroatoms. The molecular weight excluding hydrogens is 386 g/mol. The Morgan fingerprint density at radius 3 is 2.66 bits per heavy atom. The number of hydrogen-bond donors (Lipinski definition) is 0. The molecular formula is C21H21N5O2S. The highest BCUT2D eigenvalue weighted by Gasteiger charge is 2.22. The third kappa shape index (κ3) is 3.93. The first-order chi connectivity index (χ1) is 14.4. The SMILES string of the molecule is c1ccc(-c2cnc(CSc3nnc(N4CCCC4)n3Cc3ccco3)o2)cc1. The Bertz CT molecular complexity index is 1050. The van der Waals surface area contributed by atoms with Gasteiger partial charge >= 0.3 is 0 Å². The molecule has 0 unspecified atom stereocenters. The Balaban J connectivity index is 1.35. The zero-order valence-corrected chi connectivity index (χ0v) is 16.7.